The zero-order valence-electron chi connectivity index (χ0n) is 11.1. The summed E-state index contributed by atoms with van der Waals surface area (Å²) in [6, 6.07) is 15.8. The Hall–Kier alpha value is -2.20. The number of aromatic nitrogens is 1. The monoisotopic (exact) mass is 284 g/mol. The Morgan fingerprint density at radius 1 is 1.15 bits per heavy atom. The van der Waals surface area contributed by atoms with E-state index in [1.807, 2.05) is 30.3 Å². The fourth-order valence-corrected chi connectivity index (χ4v) is 3.14. The van der Waals surface area contributed by atoms with Crippen LogP contribution in [0.2, 0.25) is 0 Å². The number of methoxy groups -OCH3 is 1. The van der Waals surface area contributed by atoms with Crippen LogP contribution in [0, 0.1) is 0 Å². The molecule has 0 saturated heterocycles. The molecule has 0 N–H and O–H groups in total. The number of esters is 1. The molecule has 0 aliphatic rings. The van der Waals surface area contributed by atoms with Crippen LogP contribution in [0.3, 0.4) is 0 Å². The van der Waals surface area contributed by atoms with E-state index in [0.29, 0.717) is 12.1 Å². The molecule has 0 radical (unpaired) electrons. The number of hydrogen-bond acceptors (Lipinski definition) is 3. The quantitative estimate of drug-likeness (QED) is 0.546. The molecule has 0 aliphatic carbocycles. The second kappa shape index (κ2) is 5.43. The predicted molar refractivity (Wildman–Crippen MR) is 78.9 cm³/mol. The topological polar surface area (TPSA) is 30.2 Å². The number of para-hydroxylation sites is 1. The molecule has 0 amide bonds. The summed E-state index contributed by atoms with van der Waals surface area (Å²) in [6.45, 7) is 0.662. The molecule has 0 aliphatic heterocycles. The molecule has 1 heterocycles. The summed E-state index contributed by atoms with van der Waals surface area (Å²) in [5.41, 5.74) is 4.85. The Kier molecular flexibility index (Phi) is 3.48. The minimum atomic E-state index is -0.291. The molecular formula is C16H14NO2S+. The number of rotatable bonds is 3. The summed E-state index contributed by atoms with van der Waals surface area (Å²) in [7, 11) is 1.41. The van der Waals surface area contributed by atoms with E-state index in [2.05, 4.69) is 22.2 Å². The number of ether oxygens (including phenoxy) is 1. The van der Waals surface area contributed by atoms with Gasteiger partial charge in [-0.2, -0.15) is 4.57 Å². The summed E-state index contributed by atoms with van der Waals surface area (Å²) in [4.78, 5) is 11.8. The second-order valence-corrected chi connectivity index (χ2v) is 5.35. The van der Waals surface area contributed by atoms with Gasteiger partial charge in [-0.3, -0.25) is 0 Å². The first kappa shape index (κ1) is 12.8. The third-order valence-electron chi connectivity index (χ3n) is 3.24. The van der Waals surface area contributed by atoms with Crippen LogP contribution < -0.4 is 4.57 Å². The van der Waals surface area contributed by atoms with Crippen molar-refractivity contribution in [1.82, 2.24) is 0 Å². The largest absolute Gasteiger partial charge is 0.465 e. The first-order valence-corrected chi connectivity index (χ1v) is 7.19. The molecule has 0 spiro atoms. The van der Waals surface area contributed by atoms with E-state index in [9.17, 15) is 4.79 Å². The maximum absolute atomic E-state index is 11.8. The summed E-state index contributed by atoms with van der Waals surface area (Å²) in [5.74, 6) is -0.291. The van der Waals surface area contributed by atoms with Crippen molar-refractivity contribution in [2.45, 2.75) is 6.54 Å². The van der Waals surface area contributed by atoms with Crippen LogP contribution in [0.5, 0.6) is 0 Å². The van der Waals surface area contributed by atoms with Crippen LogP contribution in [-0.4, -0.2) is 13.1 Å². The van der Waals surface area contributed by atoms with Gasteiger partial charge in [-0.1, -0.05) is 41.7 Å². The van der Waals surface area contributed by atoms with Crippen LogP contribution in [-0.2, 0) is 11.3 Å². The highest BCUT2D eigenvalue weighted by Gasteiger charge is 2.17. The van der Waals surface area contributed by atoms with E-state index in [1.165, 1.54) is 17.3 Å². The Bertz CT molecular complexity index is 764. The van der Waals surface area contributed by atoms with Crippen LogP contribution >= 0.6 is 11.3 Å². The molecule has 100 valence electrons. The van der Waals surface area contributed by atoms with Gasteiger partial charge in [-0.25, -0.2) is 4.79 Å². The van der Waals surface area contributed by atoms with Gasteiger partial charge in [0.15, 0.2) is 6.54 Å². The number of hydrogen-bond donors (Lipinski definition) is 0. The first-order valence-electron chi connectivity index (χ1n) is 6.31. The van der Waals surface area contributed by atoms with Crippen molar-refractivity contribution in [2.75, 3.05) is 7.11 Å². The van der Waals surface area contributed by atoms with Crippen LogP contribution in [0.25, 0.3) is 10.2 Å². The van der Waals surface area contributed by atoms with Gasteiger partial charge in [0, 0.05) is 11.6 Å². The molecule has 1 aromatic heterocycles. The van der Waals surface area contributed by atoms with Crippen molar-refractivity contribution >= 4 is 27.5 Å². The normalized spacial score (nSPS) is 10.7. The van der Waals surface area contributed by atoms with Crippen LogP contribution in [0.4, 0.5) is 0 Å². The Labute approximate surface area is 121 Å². The molecule has 20 heavy (non-hydrogen) atoms. The lowest BCUT2D eigenvalue weighted by Crippen LogP contribution is -2.33. The smallest absolute Gasteiger partial charge is 0.338 e. The van der Waals surface area contributed by atoms with Crippen molar-refractivity contribution in [3.63, 3.8) is 0 Å². The molecule has 0 fully saturated rings. The van der Waals surface area contributed by atoms with E-state index in [4.69, 9.17) is 4.74 Å². The average Bonchev–Trinajstić information content (AvgIpc) is 2.90. The highest BCUT2D eigenvalue weighted by Crippen LogP contribution is 2.17. The highest BCUT2D eigenvalue weighted by atomic mass is 32.1. The maximum Gasteiger partial charge on any atom is 0.338 e. The number of benzene rings is 2. The first-order chi connectivity index (χ1) is 9.79. The van der Waals surface area contributed by atoms with Gasteiger partial charge in [-0.15, -0.1) is 0 Å². The predicted octanol–water partition coefficient (Wildman–Crippen LogP) is 3.02. The molecule has 0 unspecified atom stereocenters. The number of thiazole rings is 1. The van der Waals surface area contributed by atoms with Gasteiger partial charge in [0.1, 0.15) is 4.70 Å². The van der Waals surface area contributed by atoms with Crippen molar-refractivity contribution in [1.29, 1.82) is 0 Å². The summed E-state index contributed by atoms with van der Waals surface area (Å²) in [6.07, 6.45) is 0. The fraction of sp³-hybridized carbons (Fsp3) is 0.125. The van der Waals surface area contributed by atoms with E-state index in [1.54, 1.807) is 17.4 Å². The Morgan fingerprint density at radius 3 is 2.75 bits per heavy atom. The van der Waals surface area contributed by atoms with Crippen LogP contribution in [0.1, 0.15) is 15.9 Å². The summed E-state index contributed by atoms with van der Waals surface area (Å²) in [5, 5.41) is 0. The number of nitrogens with zero attached hydrogens (tertiary/aromatic N) is 1. The SMILES string of the molecule is COC(=O)c1ccccc1C[n+]1csc2ccccc21. The minimum Gasteiger partial charge on any atom is -0.465 e. The van der Waals surface area contributed by atoms with E-state index < -0.39 is 0 Å². The van der Waals surface area contributed by atoms with Gasteiger partial charge in [0.05, 0.1) is 12.7 Å². The van der Waals surface area contributed by atoms with Crippen LogP contribution in [0.15, 0.2) is 54.0 Å². The standard InChI is InChI=1S/C16H14NO2S/c1-19-16(18)13-7-3-2-6-12(13)10-17-11-20-15-9-5-4-8-14(15)17/h2-9,11H,10H2,1H3/q+1. The Morgan fingerprint density at radius 2 is 1.90 bits per heavy atom. The lowest BCUT2D eigenvalue weighted by Gasteiger charge is -2.04. The van der Waals surface area contributed by atoms with E-state index in [-0.39, 0.29) is 5.97 Å². The van der Waals surface area contributed by atoms with Crippen molar-refractivity contribution in [2.24, 2.45) is 0 Å². The van der Waals surface area contributed by atoms with E-state index in [0.717, 1.165) is 5.56 Å². The fourth-order valence-electron chi connectivity index (χ4n) is 2.24. The number of carbonyl (C=O) groups excluding carboxylic acids is 1. The van der Waals surface area contributed by atoms with Crippen molar-refractivity contribution in [3.8, 4) is 0 Å². The van der Waals surface area contributed by atoms with Gasteiger partial charge in [0.25, 0.3) is 0 Å². The zero-order chi connectivity index (χ0) is 13.9. The molecular weight excluding hydrogens is 270 g/mol. The molecule has 3 nitrogen and oxygen atoms in total. The molecule has 0 bridgehead atoms. The third kappa shape index (κ3) is 2.30. The molecule has 3 aromatic rings. The van der Waals surface area contributed by atoms with Gasteiger partial charge in [0.2, 0.25) is 11.0 Å². The highest BCUT2D eigenvalue weighted by molar-refractivity contribution is 7.16. The lowest BCUT2D eigenvalue weighted by molar-refractivity contribution is -0.658. The molecule has 0 atom stereocenters. The molecule has 4 heteroatoms. The molecule has 3 rings (SSSR count). The molecule has 2 aromatic carbocycles. The third-order valence-corrected chi connectivity index (χ3v) is 4.20. The maximum atomic E-state index is 11.8. The molecule has 0 saturated carbocycles. The average molecular weight is 284 g/mol. The lowest BCUT2D eigenvalue weighted by atomic mass is 10.1. The van der Waals surface area contributed by atoms with Gasteiger partial charge >= 0.3 is 5.97 Å². The second-order valence-electron chi connectivity index (χ2n) is 4.47. The van der Waals surface area contributed by atoms with Crippen molar-refractivity contribution < 1.29 is 14.1 Å². The number of fused-ring (bicyclic) bond motifs is 1. The zero-order valence-corrected chi connectivity index (χ0v) is 11.9. The Balaban J connectivity index is 2.01. The van der Waals surface area contributed by atoms with Gasteiger partial charge < -0.3 is 4.74 Å². The summed E-state index contributed by atoms with van der Waals surface area (Å²) >= 11 is 1.70. The summed E-state index contributed by atoms with van der Waals surface area (Å²) < 4.78 is 8.23. The van der Waals surface area contributed by atoms with E-state index >= 15 is 0 Å². The van der Waals surface area contributed by atoms with Crippen molar-refractivity contribution in [3.05, 3.63) is 65.2 Å². The number of carbonyl (C=O) groups is 1. The van der Waals surface area contributed by atoms with Gasteiger partial charge in [-0.05, 0) is 12.1 Å². The minimum absolute atomic E-state index is 0.291.